The molecule has 0 saturated carbocycles. The predicted octanol–water partition coefficient (Wildman–Crippen LogP) is 11.1. The molecular weight excluding hydrogens is 1590 g/mol. The van der Waals surface area contributed by atoms with Crippen molar-refractivity contribution in [2.75, 3.05) is 93.8 Å². The highest BCUT2D eigenvalue weighted by molar-refractivity contribution is 5.84. The van der Waals surface area contributed by atoms with Gasteiger partial charge in [-0.3, -0.25) is 56.4 Å². The Kier molecular flexibility index (Phi) is 24.4. The normalized spacial score (nSPS) is 15.4. The van der Waals surface area contributed by atoms with Gasteiger partial charge in [0.25, 0.3) is 22.2 Å². The van der Waals surface area contributed by atoms with Gasteiger partial charge in [-0.25, -0.2) is 33.5 Å². The number of likely N-dealkylation sites (tertiary alicyclic amines) is 1. The number of aliphatic hydroxyl groups is 1. The molecule has 0 atom stereocenters. The van der Waals surface area contributed by atoms with E-state index in [4.69, 9.17) is 25.0 Å². The Morgan fingerprint density at radius 2 is 0.841 bits per heavy atom. The number of anilines is 3. The summed E-state index contributed by atoms with van der Waals surface area (Å²) in [5.74, 6) is 0.516. The first-order valence-electron chi connectivity index (χ1n) is 44.1. The molecule has 4 aliphatic rings. The second kappa shape index (κ2) is 36.0. The minimum absolute atomic E-state index is 0.0378. The number of fused-ring (bicyclic) bond motifs is 8. The number of benzene rings is 1. The molecule has 0 bridgehead atoms. The molecule has 0 amide bonds. The van der Waals surface area contributed by atoms with Gasteiger partial charge in [0.1, 0.15) is 39.7 Å². The average molecular weight is 1700 g/mol. The van der Waals surface area contributed by atoms with Crippen LogP contribution >= 0.6 is 0 Å². The summed E-state index contributed by atoms with van der Waals surface area (Å²) in [5, 5.41) is 38.8. The van der Waals surface area contributed by atoms with Gasteiger partial charge in [0, 0.05) is 143 Å². The van der Waals surface area contributed by atoms with Crippen LogP contribution in [-0.4, -0.2) is 204 Å². The molecule has 126 heavy (non-hydrogen) atoms. The van der Waals surface area contributed by atoms with E-state index < -0.39 is 0 Å². The maximum absolute atomic E-state index is 13.1. The molecule has 0 aliphatic carbocycles. The van der Waals surface area contributed by atoms with Crippen molar-refractivity contribution < 1.29 is 5.11 Å². The summed E-state index contributed by atoms with van der Waals surface area (Å²) >= 11 is 0. The second-order valence-corrected chi connectivity index (χ2v) is 34.7. The van der Waals surface area contributed by atoms with Crippen LogP contribution in [0, 0.1) is 62.3 Å². The molecular formula is C95H112N26O5. The van der Waals surface area contributed by atoms with E-state index in [2.05, 4.69) is 116 Å². The van der Waals surface area contributed by atoms with Gasteiger partial charge in [0.2, 0.25) is 0 Å². The number of pyridine rings is 4. The maximum atomic E-state index is 13.1. The number of hydrogen-bond donors (Lipinski definition) is 4. The van der Waals surface area contributed by atoms with Gasteiger partial charge in [0.15, 0.2) is 0 Å². The second-order valence-electron chi connectivity index (χ2n) is 34.7. The molecule has 16 aromatic rings. The van der Waals surface area contributed by atoms with Crippen molar-refractivity contribution in [2.45, 2.75) is 165 Å². The van der Waals surface area contributed by atoms with Gasteiger partial charge in [0.05, 0.1) is 121 Å². The number of hydrogen-bond acceptors (Lipinski definition) is 23. The summed E-state index contributed by atoms with van der Waals surface area (Å²) in [6, 6.07) is 30.7. The van der Waals surface area contributed by atoms with Crippen molar-refractivity contribution in [2.24, 2.45) is 7.05 Å². The van der Waals surface area contributed by atoms with E-state index >= 15 is 0 Å². The van der Waals surface area contributed by atoms with Crippen molar-refractivity contribution in [3.8, 4) is 45.4 Å². The summed E-state index contributed by atoms with van der Waals surface area (Å²) in [7, 11) is 3.93. The third kappa shape index (κ3) is 18.1. The van der Waals surface area contributed by atoms with Crippen LogP contribution in [0.4, 0.5) is 17.1 Å². The van der Waals surface area contributed by atoms with E-state index in [0.29, 0.717) is 99.1 Å². The van der Waals surface area contributed by atoms with Crippen LogP contribution in [0.15, 0.2) is 160 Å². The zero-order valence-corrected chi connectivity index (χ0v) is 74.5. The fraction of sp³-hybridized carbons (Fsp3) is 0.400. The number of rotatable bonds is 15. The minimum atomic E-state index is -0.123. The summed E-state index contributed by atoms with van der Waals surface area (Å²) in [6.45, 7) is 34.2. The van der Waals surface area contributed by atoms with Crippen LogP contribution in [0.1, 0.15) is 134 Å². The Bertz CT molecular complexity index is 7040. The third-order valence-electron chi connectivity index (χ3n) is 25.1. The van der Waals surface area contributed by atoms with E-state index in [1.54, 1.807) is 55.6 Å². The quantitative estimate of drug-likeness (QED) is 0.0741. The van der Waals surface area contributed by atoms with Crippen molar-refractivity contribution in [3.63, 3.8) is 0 Å². The highest BCUT2D eigenvalue weighted by Gasteiger charge is 2.27. The van der Waals surface area contributed by atoms with Gasteiger partial charge >= 0.3 is 0 Å². The van der Waals surface area contributed by atoms with Crippen LogP contribution < -0.4 is 52.9 Å². The van der Waals surface area contributed by atoms with Crippen molar-refractivity contribution >= 4 is 67.1 Å². The zero-order valence-electron chi connectivity index (χ0n) is 74.5. The van der Waals surface area contributed by atoms with Crippen LogP contribution in [0.2, 0.25) is 0 Å². The van der Waals surface area contributed by atoms with Crippen molar-refractivity contribution in [1.29, 1.82) is 0 Å². The van der Waals surface area contributed by atoms with Gasteiger partial charge in [-0.15, -0.1) is 0 Å². The first-order valence-corrected chi connectivity index (χ1v) is 44.1. The van der Waals surface area contributed by atoms with Gasteiger partial charge in [-0.2, -0.15) is 20.4 Å². The molecule has 4 N–H and O–H groups in total. The minimum Gasteiger partial charge on any atom is -0.395 e. The molecule has 4 aliphatic heterocycles. The molecule has 652 valence electrons. The predicted molar refractivity (Wildman–Crippen MR) is 496 cm³/mol. The molecule has 4 fully saturated rings. The lowest BCUT2D eigenvalue weighted by atomic mass is 9.90. The first-order chi connectivity index (χ1) is 60.7. The maximum Gasteiger partial charge on any atom is 0.258 e. The van der Waals surface area contributed by atoms with Crippen molar-refractivity contribution in [3.05, 3.63) is 238 Å². The molecule has 1 aromatic carbocycles. The van der Waals surface area contributed by atoms with Crippen LogP contribution in [0.3, 0.4) is 0 Å². The molecule has 19 heterocycles. The monoisotopic (exact) mass is 1700 g/mol. The summed E-state index contributed by atoms with van der Waals surface area (Å²) < 4.78 is 13.9. The Balaban J connectivity index is 0.000000119. The van der Waals surface area contributed by atoms with E-state index in [1.807, 2.05) is 173 Å². The molecule has 31 heteroatoms. The fourth-order valence-electron chi connectivity index (χ4n) is 18.4. The standard InChI is InChI=1S/C25H31N7O.C24H29N7O2.C23H27N7O.C23H25N5O/c1-15(2)26-19-6-8-30(9-7-19)20-10-16(3)25-28-21(12-24(33)31(25)14-20)22-11-23-18(5)27-17(4)13-32(23)29-22;1-15-10-19(29-7-4-18(5-8-29)25-6-9-32)14-30-23(33)12-20(27-24(15)30)21-11-22-17(3)26-16(2)13-31(22)28-21;1-14-9-18(28-7-5-17(24-4)6-8-28)13-29-22(31)11-19(26-23(14)29)20-10-21-16(3)25-15(2)12-30(21)27-20;1-3-27-10-8-16(9-11-27)18-5-7-22-24-21(13-23(29)28(22)15-18)17-4-6-20-19(12-17)14-26(2)25-20/h10-15,19,26H,6-9H2,1-5H3;10-14,18,25,32H,4-9H2,1-3H3;9-13,17,24H,5-8H2,1-4H3;4-7,12-16H,3,8-11H2,1-2H3. The molecule has 4 saturated heterocycles. The average Bonchev–Trinajstić information content (AvgIpc) is 1.46. The number of nitrogens with one attached hydrogen (secondary N) is 3. The number of piperidine rings is 4. The molecule has 20 rings (SSSR count). The molecule has 0 spiro atoms. The number of aryl methyl sites for hydroxylation is 10. The van der Waals surface area contributed by atoms with Gasteiger partial charge < -0.3 is 40.7 Å². The number of aromatic nitrogens is 19. The topological polar surface area (TPSA) is 315 Å². The Morgan fingerprint density at radius 3 is 1.26 bits per heavy atom. The van der Waals surface area contributed by atoms with Gasteiger partial charge in [-0.05, 0) is 223 Å². The van der Waals surface area contributed by atoms with Crippen LogP contribution in [0.5, 0.6) is 0 Å². The number of aliphatic hydroxyl groups excluding tert-OH is 1. The lowest BCUT2D eigenvalue weighted by molar-refractivity contribution is 0.222. The smallest absolute Gasteiger partial charge is 0.258 e. The molecule has 0 radical (unpaired) electrons. The SMILES string of the molecule is CCN1CCC(c2ccc3nc(-c4ccc5nn(C)cc5c4)cc(=O)n3c2)CC1.CNC1CCN(c2cc(C)c3nc(-c4cc5c(C)nc(C)cn5n4)cc(=O)n3c2)CC1.Cc1cn2nc(-c3cc(=O)n4cc(N5CCC(NC(C)C)CC5)cc(C)c4n3)cc2c(C)n1.Cc1cn2nc(-c3cc(=O)n4cc(N5CCC(NCCO)CC5)cc(C)c4n3)cc2c(C)n1. The highest BCUT2D eigenvalue weighted by Crippen LogP contribution is 2.33. The Morgan fingerprint density at radius 1 is 0.421 bits per heavy atom. The van der Waals surface area contributed by atoms with E-state index in [-0.39, 0.29) is 28.8 Å². The van der Waals surface area contributed by atoms with Gasteiger partial charge in [-0.1, -0.05) is 32.9 Å². The van der Waals surface area contributed by atoms with E-state index in [0.717, 1.165) is 211 Å². The molecule has 15 aromatic heterocycles. The first kappa shape index (κ1) is 85.4. The van der Waals surface area contributed by atoms with Crippen LogP contribution in [0.25, 0.3) is 95.5 Å². The van der Waals surface area contributed by atoms with E-state index in [9.17, 15) is 19.2 Å². The van der Waals surface area contributed by atoms with Crippen molar-refractivity contribution in [1.82, 2.24) is 112 Å². The largest absolute Gasteiger partial charge is 0.395 e. The summed E-state index contributed by atoms with van der Waals surface area (Å²) in [6.07, 6.45) is 24.0. The lowest BCUT2D eigenvalue weighted by Gasteiger charge is -2.35. The molecule has 0 unspecified atom stereocenters. The highest BCUT2D eigenvalue weighted by atomic mass is 16.3. The Hall–Kier alpha value is -12.8. The summed E-state index contributed by atoms with van der Waals surface area (Å²) in [5.41, 5.74) is 24.0. The molecule has 31 nitrogen and oxygen atoms in total. The Labute approximate surface area is 729 Å². The van der Waals surface area contributed by atoms with Crippen LogP contribution in [-0.2, 0) is 7.05 Å². The third-order valence-corrected chi connectivity index (χ3v) is 25.1. The zero-order chi connectivity index (χ0) is 88.0. The number of nitrogens with zero attached hydrogens (tertiary/aromatic N) is 23. The fourth-order valence-corrected chi connectivity index (χ4v) is 18.4. The lowest BCUT2D eigenvalue weighted by Crippen LogP contribution is -2.44. The summed E-state index contributed by atoms with van der Waals surface area (Å²) in [4.78, 5) is 94.3. The van der Waals surface area contributed by atoms with E-state index in [1.165, 1.54) is 5.56 Å².